The molecule has 8 heteroatoms. The summed E-state index contributed by atoms with van der Waals surface area (Å²) in [5.74, 6) is -1.49. The third-order valence-electron chi connectivity index (χ3n) is 10.5. The van der Waals surface area contributed by atoms with E-state index in [1.807, 2.05) is 21.1 Å². The Bertz CT molecular complexity index is 1030. The van der Waals surface area contributed by atoms with Crippen LogP contribution in [0.1, 0.15) is 206 Å². The van der Waals surface area contributed by atoms with Gasteiger partial charge in [-0.15, -0.1) is 0 Å². The molecule has 0 aliphatic heterocycles. The molecule has 0 aliphatic rings. The molecule has 0 aromatic carbocycles. The minimum Gasteiger partial charge on any atom is -0.477 e. The van der Waals surface area contributed by atoms with E-state index < -0.39 is 18.1 Å². The first-order valence-electron chi connectivity index (χ1n) is 23.5. The first-order valence-corrected chi connectivity index (χ1v) is 23.5. The van der Waals surface area contributed by atoms with E-state index in [4.69, 9.17) is 14.2 Å². The van der Waals surface area contributed by atoms with Gasteiger partial charge in [0, 0.05) is 19.3 Å². The number of allylic oxidation sites excluding steroid dienone is 6. The van der Waals surface area contributed by atoms with Crippen LogP contribution in [-0.2, 0) is 28.6 Å². The quantitative estimate of drug-likeness (QED) is 0.0284. The van der Waals surface area contributed by atoms with Crippen molar-refractivity contribution in [2.45, 2.75) is 219 Å². The van der Waals surface area contributed by atoms with Crippen molar-refractivity contribution in [3.05, 3.63) is 36.5 Å². The van der Waals surface area contributed by atoms with Crippen LogP contribution in [0.25, 0.3) is 0 Å². The molecule has 0 bridgehead atoms. The Morgan fingerprint density at radius 2 is 0.930 bits per heavy atom. The number of rotatable bonds is 42. The van der Waals surface area contributed by atoms with Crippen LogP contribution in [0.4, 0.5) is 0 Å². The zero-order chi connectivity index (χ0) is 42.1. The molecule has 332 valence electrons. The SMILES string of the molecule is CCCCC/C=C\C/C=C\CCCCCCCC(=O)OC(COCCC(C(=O)O)[N+](C)(C)C)COC(=O)CCCCCCCCC/C=C\CCCCCCCCC. The van der Waals surface area contributed by atoms with Crippen molar-refractivity contribution in [1.82, 2.24) is 0 Å². The molecule has 2 atom stereocenters. The number of carbonyl (C=O) groups is 3. The molecule has 0 fully saturated rings. The van der Waals surface area contributed by atoms with Crippen LogP contribution in [0.2, 0.25) is 0 Å². The van der Waals surface area contributed by atoms with E-state index in [1.54, 1.807) is 0 Å². The van der Waals surface area contributed by atoms with Crippen LogP contribution in [0.5, 0.6) is 0 Å². The Hall–Kier alpha value is -2.45. The van der Waals surface area contributed by atoms with Gasteiger partial charge in [-0.25, -0.2) is 4.79 Å². The van der Waals surface area contributed by atoms with E-state index in [-0.39, 0.29) is 36.2 Å². The number of carbonyl (C=O) groups excluding carboxylic acids is 2. The second kappa shape index (κ2) is 40.3. The second-order valence-electron chi connectivity index (χ2n) is 17.0. The van der Waals surface area contributed by atoms with Crippen LogP contribution in [-0.4, -0.2) is 80.6 Å². The number of esters is 2. The first kappa shape index (κ1) is 54.6. The smallest absolute Gasteiger partial charge is 0.362 e. The van der Waals surface area contributed by atoms with Gasteiger partial charge >= 0.3 is 17.9 Å². The third kappa shape index (κ3) is 38.8. The Kier molecular flexibility index (Phi) is 38.6. The van der Waals surface area contributed by atoms with Crippen LogP contribution >= 0.6 is 0 Å². The standard InChI is InChI=1S/C49H89NO7/c1-6-8-10-12-14-16-18-20-22-23-24-26-27-29-31-33-35-37-39-47(51)56-44-45(43-55-42-41-46(49(53)54)50(3,4)5)57-48(52)40-38-36-34-32-30-28-25-21-19-17-15-13-11-9-7-2/h15,17,21-23,25,45-46H,6-14,16,18-20,24,26-44H2,1-5H3/p+1/b17-15-,23-22-,25-21-. The van der Waals surface area contributed by atoms with E-state index in [9.17, 15) is 19.5 Å². The molecule has 2 unspecified atom stereocenters. The first-order chi connectivity index (χ1) is 27.6. The zero-order valence-electron chi connectivity index (χ0n) is 37.8. The molecule has 0 aliphatic carbocycles. The van der Waals surface area contributed by atoms with Crippen LogP contribution in [0.15, 0.2) is 36.5 Å². The van der Waals surface area contributed by atoms with Gasteiger partial charge in [0.05, 0.1) is 34.4 Å². The predicted molar refractivity (Wildman–Crippen MR) is 238 cm³/mol. The van der Waals surface area contributed by atoms with Gasteiger partial charge in [-0.1, -0.05) is 153 Å². The molecule has 0 saturated carbocycles. The molecule has 0 saturated heterocycles. The molecule has 0 radical (unpaired) electrons. The monoisotopic (exact) mass is 805 g/mol. The molecular weight excluding hydrogens is 715 g/mol. The molecule has 0 aromatic heterocycles. The molecule has 0 amide bonds. The van der Waals surface area contributed by atoms with E-state index in [0.717, 1.165) is 64.2 Å². The fourth-order valence-electron chi connectivity index (χ4n) is 6.82. The number of nitrogens with zero attached hydrogens (tertiary/aromatic N) is 1. The van der Waals surface area contributed by atoms with Gasteiger partial charge in [0.2, 0.25) is 0 Å². The molecule has 1 N–H and O–H groups in total. The molecule has 0 rings (SSSR count). The van der Waals surface area contributed by atoms with Crippen molar-refractivity contribution < 1.29 is 38.2 Å². The van der Waals surface area contributed by atoms with Crippen molar-refractivity contribution in [2.24, 2.45) is 0 Å². The minimum atomic E-state index is -0.877. The van der Waals surface area contributed by atoms with Crippen molar-refractivity contribution in [1.29, 1.82) is 0 Å². The highest BCUT2D eigenvalue weighted by Crippen LogP contribution is 2.14. The molecule has 0 heterocycles. The van der Waals surface area contributed by atoms with Gasteiger partial charge in [-0.3, -0.25) is 9.59 Å². The topological polar surface area (TPSA) is 99.1 Å². The lowest BCUT2D eigenvalue weighted by molar-refractivity contribution is -0.887. The van der Waals surface area contributed by atoms with E-state index in [0.29, 0.717) is 19.3 Å². The Balaban J connectivity index is 4.32. The van der Waals surface area contributed by atoms with Gasteiger partial charge in [0.15, 0.2) is 12.1 Å². The van der Waals surface area contributed by atoms with E-state index in [1.165, 1.54) is 109 Å². The van der Waals surface area contributed by atoms with Crippen molar-refractivity contribution in [2.75, 3.05) is 41.0 Å². The number of unbranched alkanes of at least 4 members (excludes halogenated alkanes) is 22. The summed E-state index contributed by atoms with van der Waals surface area (Å²) in [6.07, 6.45) is 46.1. The summed E-state index contributed by atoms with van der Waals surface area (Å²) < 4.78 is 17.3. The number of carboxylic acid groups (broad SMARTS) is 1. The number of hydrogen-bond acceptors (Lipinski definition) is 6. The Labute approximate surface area is 351 Å². The third-order valence-corrected chi connectivity index (χ3v) is 10.5. The molecular formula is C49H90NO7+. The summed E-state index contributed by atoms with van der Waals surface area (Å²) in [7, 11) is 5.52. The number of aliphatic carboxylic acids is 1. The molecule has 0 aromatic rings. The van der Waals surface area contributed by atoms with Crippen LogP contribution in [0, 0.1) is 0 Å². The maximum absolute atomic E-state index is 12.7. The highest BCUT2D eigenvalue weighted by atomic mass is 16.6. The van der Waals surface area contributed by atoms with Gasteiger partial charge in [0.25, 0.3) is 0 Å². The largest absolute Gasteiger partial charge is 0.477 e. The average Bonchev–Trinajstić information content (AvgIpc) is 3.17. The Morgan fingerprint density at radius 1 is 0.526 bits per heavy atom. The van der Waals surface area contributed by atoms with E-state index in [2.05, 4.69) is 50.3 Å². The second-order valence-corrected chi connectivity index (χ2v) is 17.0. The Morgan fingerprint density at radius 3 is 1.40 bits per heavy atom. The van der Waals surface area contributed by atoms with Crippen molar-refractivity contribution >= 4 is 17.9 Å². The number of hydrogen-bond donors (Lipinski definition) is 1. The average molecular weight is 805 g/mol. The maximum Gasteiger partial charge on any atom is 0.362 e. The lowest BCUT2D eigenvalue weighted by Gasteiger charge is -2.31. The zero-order valence-corrected chi connectivity index (χ0v) is 37.8. The van der Waals surface area contributed by atoms with Gasteiger partial charge in [-0.05, 0) is 70.6 Å². The summed E-state index contributed by atoms with van der Waals surface area (Å²) in [4.78, 5) is 37.0. The number of ether oxygens (including phenoxy) is 3. The number of quaternary nitrogens is 1. The highest BCUT2D eigenvalue weighted by molar-refractivity contribution is 5.72. The summed E-state index contributed by atoms with van der Waals surface area (Å²) in [6, 6.07) is -0.617. The summed E-state index contributed by atoms with van der Waals surface area (Å²) in [5.41, 5.74) is 0. The minimum absolute atomic E-state index is 0.0552. The lowest BCUT2D eigenvalue weighted by atomic mass is 10.1. The molecule has 57 heavy (non-hydrogen) atoms. The van der Waals surface area contributed by atoms with Crippen molar-refractivity contribution in [3.8, 4) is 0 Å². The predicted octanol–water partition coefficient (Wildman–Crippen LogP) is 13.0. The maximum atomic E-state index is 12.7. The van der Waals surface area contributed by atoms with E-state index >= 15 is 0 Å². The fraction of sp³-hybridized carbons (Fsp3) is 0.816. The lowest BCUT2D eigenvalue weighted by Crippen LogP contribution is -2.50. The van der Waals surface area contributed by atoms with Gasteiger partial charge in [-0.2, -0.15) is 0 Å². The number of carboxylic acids is 1. The van der Waals surface area contributed by atoms with Crippen molar-refractivity contribution in [3.63, 3.8) is 0 Å². The summed E-state index contributed by atoms with van der Waals surface area (Å²) >= 11 is 0. The molecule has 8 nitrogen and oxygen atoms in total. The van der Waals surface area contributed by atoms with Crippen LogP contribution < -0.4 is 0 Å². The summed E-state index contributed by atoms with van der Waals surface area (Å²) in [6.45, 7) is 4.70. The number of likely N-dealkylation sites (N-methyl/N-ethyl adjacent to an activating group) is 1. The highest BCUT2D eigenvalue weighted by Gasteiger charge is 2.31. The fourth-order valence-corrected chi connectivity index (χ4v) is 6.82. The normalized spacial score (nSPS) is 13.2. The molecule has 0 spiro atoms. The van der Waals surface area contributed by atoms with Gasteiger partial charge in [0.1, 0.15) is 6.61 Å². The van der Waals surface area contributed by atoms with Crippen LogP contribution in [0.3, 0.4) is 0 Å². The van der Waals surface area contributed by atoms with Gasteiger partial charge < -0.3 is 23.8 Å². The summed E-state index contributed by atoms with van der Waals surface area (Å²) in [5, 5.41) is 9.63.